The van der Waals surface area contributed by atoms with Crippen LogP contribution in [0, 0.1) is 0 Å². The average Bonchev–Trinajstić information content (AvgIpc) is 3.36. The Bertz CT molecular complexity index is 971. The summed E-state index contributed by atoms with van der Waals surface area (Å²) in [6, 6.07) is 0. The number of ketones is 1. The van der Waals surface area contributed by atoms with E-state index in [-0.39, 0.29) is 17.6 Å². The predicted molar refractivity (Wildman–Crippen MR) is 126 cm³/mol. The van der Waals surface area contributed by atoms with E-state index in [0.29, 0.717) is 47.6 Å². The lowest BCUT2D eigenvalue weighted by atomic mass is 9.88. The number of thiazole rings is 2. The zero-order chi connectivity index (χ0) is 22.5. The number of Topliss-reactive ketones (excluding diaryl/α,β-unsaturated/α-hetero) is 1. The van der Waals surface area contributed by atoms with Crippen molar-refractivity contribution >= 4 is 62.7 Å². The van der Waals surface area contributed by atoms with Crippen LogP contribution < -0.4 is 9.80 Å². The monoisotopic (exact) mass is 458 g/mol. The van der Waals surface area contributed by atoms with Crippen LogP contribution >= 0.6 is 22.7 Å². The zero-order valence-electron chi connectivity index (χ0n) is 18.2. The lowest BCUT2D eigenvalue weighted by Gasteiger charge is -2.16. The third-order valence-corrected chi connectivity index (χ3v) is 6.76. The van der Waals surface area contributed by atoms with Gasteiger partial charge in [0.2, 0.25) is 11.8 Å². The van der Waals surface area contributed by atoms with Crippen LogP contribution in [0.1, 0.15) is 58.3 Å². The van der Waals surface area contributed by atoms with E-state index < -0.39 is 0 Å². The summed E-state index contributed by atoms with van der Waals surface area (Å²) in [5, 5.41) is 5.02. The molecule has 0 atom stereocenters. The molecule has 0 aliphatic heterocycles. The molecule has 2 aromatic rings. The van der Waals surface area contributed by atoms with Gasteiger partial charge in [0, 0.05) is 48.8 Å². The SMILES string of the molecule is CCN(C(C)=O)c1nc(/C=C2\CCC/C(=C\c3csc(N(CC)C(C)=O)n3)C2=O)cs1. The van der Waals surface area contributed by atoms with Crippen LogP contribution in [-0.2, 0) is 14.4 Å². The number of carbonyl (C=O) groups is 3. The molecule has 0 radical (unpaired) electrons. The van der Waals surface area contributed by atoms with Gasteiger partial charge < -0.3 is 0 Å². The number of hydrogen-bond donors (Lipinski definition) is 0. The van der Waals surface area contributed by atoms with Crippen LogP contribution in [0.15, 0.2) is 21.9 Å². The largest absolute Gasteiger partial charge is 0.289 e. The Labute approximate surface area is 190 Å². The highest BCUT2D eigenvalue weighted by molar-refractivity contribution is 7.14. The second-order valence-corrected chi connectivity index (χ2v) is 8.83. The molecule has 0 saturated heterocycles. The van der Waals surface area contributed by atoms with Crippen molar-refractivity contribution in [2.45, 2.75) is 47.0 Å². The van der Waals surface area contributed by atoms with Gasteiger partial charge in [0.05, 0.1) is 11.4 Å². The van der Waals surface area contributed by atoms with Crippen LogP contribution in [-0.4, -0.2) is 40.7 Å². The Morgan fingerprint density at radius 1 is 0.903 bits per heavy atom. The maximum atomic E-state index is 13.0. The topological polar surface area (TPSA) is 83.5 Å². The fourth-order valence-corrected chi connectivity index (χ4v) is 5.23. The summed E-state index contributed by atoms with van der Waals surface area (Å²) < 4.78 is 0. The molecule has 31 heavy (non-hydrogen) atoms. The number of amides is 2. The summed E-state index contributed by atoms with van der Waals surface area (Å²) in [5.41, 5.74) is 2.82. The molecule has 2 aromatic heterocycles. The van der Waals surface area contributed by atoms with E-state index in [9.17, 15) is 14.4 Å². The summed E-state index contributed by atoms with van der Waals surface area (Å²) >= 11 is 2.79. The van der Waals surface area contributed by atoms with E-state index in [4.69, 9.17) is 0 Å². The van der Waals surface area contributed by atoms with Gasteiger partial charge in [0.15, 0.2) is 16.0 Å². The number of anilines is 2. The molecule has 0 spiro atoms. The van der Waals surface area contributed by atoms with Gasteiger partial charge in [-0.2, -0.15) is 0 Å². The molecule has 7 nitrogen and oxygen atoms in total. The van der Waals surface area contributed by atoms with Gasteiger partial charge >= 0.3 is 0 Å². The fourth-order valence-electron chi connectivity index (χ4n) is 3.45. The lowest BCUT2D eigenvalue weighted by Crippen LogP contribution is -2.27. The third kappa shape index (κ3) is 5.34. The quantitative estimate of drug-likeness (QED) is 0.592. The first-order chi connectivity index (χ1) is 14.8. The average molecular weight is 459 g/mol. The van der Waals surface area contributed by atoms with Crippen LogP contribution in [0.3, 0.4) is 0 Å². The minimum atomic E-state index is -0.0518. The normalized spacial score (nSPS) is 16.7. The highest BCUT2D eigenvalue weighted by Gasteiger charge is 2.22. The number of allylic oxidation sites excluding steroid dienone is 2. The Morgan fingerprint density at radius 2 is 1.32 bits per heavy atom. The first-order valence-electron chi connectivity index (χ1n) is 10.3. The van der Waals surface area contributed by atoms with Crippen molar-refractivity contribution in [3.05, 3.63) is 33.3 Å². The van der Waals surface area contributed by atoms with E-state index in [1.807, 2.05) is 36.8 Å². The molecule has 0 N–H and O–H groups in total. The molecule has 3 rings (SSSR count). The maximum Gasteiger partial charge on any atom is 0.225 e. The molecule has 164 valence electrons. The van der Waals surface area contributed by atoms with Gasteiger partial charge in [-0.3, -0.25) is 24.2 Å². The highest BCUT2D eigenvalue weighted by atomic mass is 32.1. The van der Waals surface area contributed by atoms with Crippen LogP contribution in [0.25, 0.3) is 12.2 Å². The summed E-state index contributed by atoms with van der Waals surface area (Å²) in [5.74, 6) is -0.0960. The molecule has 0 unspecified atom stereocenters. The molecule has 2 heterocycles. The van der Waals surface area contributed by atoms with E-state index in [1.165, 1.54) is 36.5 Å². The predicted octanol–water partition coefficient (Wildman–Crippen LogP) is 4.57. The Hall–Kier alpha value is -2.65. The standard InChI is InChI=1S/C22H26N4O3S2/c1-5-25(14(3)27)21-23-18(12-30-21)10-16-8-7-9-17(20(16)29)11-19-13-31-22(24-19)26(6-2)15(4)28/h10-13H,5-9H2,1-4H3/b16-10+,17-11+. The molecule has 0 bridgehead atoms. The smallest absolute Gasteiger partial charge is 0.225 e. The van der Waals surface area contributed by atoms with Crippen LogP contribution in [0.5, 0.6) is 0 Å². The summed E-state index contributed by atoms with van der Waals surface area (Å²) in [4.78, 5) is 48.8. The van der Waals surface area contributed by atoms with Crippen LogP contribution in [0.2, 0.25) is 0 Å². The van der Waals surface area contributed by atoms with Gasteiger partial charge in [0.1, 0.15) is 0 Å². The van der Waals surface area contributed by atoms with Crippen molar-refractivity contribution in [2.24, 2.45) is 0 Å². The van der Waals surface area contributed by atoms with Gasteiger partial charge in [-0.05, 0) is 45.3 Å². The van der Waals surface area contributed by atoms with Crippen molar-refractivity contribution in [1.29, 1.82) is 0 Å². The van der Waals surface area contributed by atoms with E-state index in [1.54, 1.807) is 9.80 Å². The molecule has 1 fully saturated rings. The number of nitrogens with zero attached hydrogens (tertiary/aromatic N) is 4. The number of carbonyl (C=O) groups excluding carboxylic acids is 3. The number of hydrogen-bond acceptors (Lipinski definition) is 7. The Balaban J connectivity index is 1.80. The van der Waals surface area contributed by atoms with Gasteiger partial charge in [0.25, 0.3) is 0 Å². The zero-order valence-corrected chi connectivity index (χ0v) is 19.8. The van der Waals surface area contributed by atoms with Crippen molar-refractivity contribution in [3.63, 3.8) is 0 Å². The van der Waals surface area contributed by atoms with E-state index in [2.05, 4.69) is 9.97 Å². The molecule has 1 saturated carbocycles. The molecular weight excluding hydrogens is 432 g/mol. The number of aromatic nitrogens is 2. The molecule has 9 heteroatoms. The highest BCUT2D eigenvalue weighted by Crippen LogP contribution is 2.30. The Morgan fingerprint density at radius 3 is 1.68 bits per heavy atom. The molecule has 2 amide bonds. The lowest BCUT2D eigenvalue weighted by molar-refractivity contribution is -0.117. The summed E-state index contributed by atoms with van der Waals surface area (Å²) in [6.07, 6.45) is 5.92. The fraction of sp³-hybridized carbons (Fsp3) is 0.409. The van der Waals surface area contributed by atoms with Crippen molar-refractivity contribution < 1.29 is 14.4 Å². The van der Waals surface area contributed by atoms with E-state index in [0.717, 1.165) is 17.6 Å². The molecule has 1 aliphatic carbocycles. The summed E-state index contributed by atoms with van der Waals surface area (Å²) in [6.45, 7) is 7.96. The second-order valence-electron chi connectivity index (χ2n) is 7.16. The van der Waals surface area contributed by atoms with Crippen molar-refractivity contribution in [3.8, 4) is 0 Å². The van der Waals surface area contributed by atoms with Crippen LogP contribution in [0.4, 0.5) is 10.3 Å². The van der Waals surface area contributed by atoms with Crippen molar-refractivity contribution in [1.82, 2.24) is 9.97 Å². The van der Waals surface area contributed by atoms with Gasteiger partial charge in [-0.15, -0.1) is 22.7 Å². The molecular formula is C22H26N4O3S2. The van der Waals surface area contributed by atoms with Crippen molar-refractivity contribution in [2.75, 3.05) is 22.9 Å². The summed E-state index contributed by atoms with van der Waals surface area (Å²) in [7, 11) is 0. The van der Waals surface area contributed by atoms with Gasteiger partial charge in [-0.1, -0.05) is 0 Å². The first kappa shape index (κ1) is 23.0. The first-order valence-corrected chi connectivity index (χ1v) is 12.0. The van der Waals surface area contributed by atoms with Gasteiger partial charge in [-0.25, -0.2) is 9.97 Å². The minimum absolute atomic E-state index is 0.00758. The third-order valence-electron chi connectivity index (χ3n) is 4.99. The Kier molecular flexibility index (Phi) is 7.50. The second kappa shape index (κ2) is 10.1. The number of rotatable bonds is 6. The molecule has 0 aromatic carbocycles. The van der Waals surface area contributed by atoms with E-state index >= 15 is 0 Å². The molecule has 1 aliphatic rings. The minimum Gasteiger partial charge on any atom is -0.289 e. The maximum absolute atomic E-state index is 13.0.